The number of piperazine rings is 1. The lowest BCUT2D eigenvalue weighted by Gasteiger charge is -2.32. The summed E-state index contributed by atoms with van der Waals surface area (Å²) in [4.78, 5) is 26.9. The minimum Gasteiger partial charge on any atom is -0.353 e. The van der Waals surface area contributed by atoms with Crippen LogP contribution in [0, 0.1) is 0 Å². The van der Waals surface area contributed by atoms with Gasteiger partial charge in [-0.25, -0.2) is 9.97 Å². The maximum atomic E-state index is 4.60. The second kappa shape index (κ2) is 8.78. The molecule has 0 aliphatic carbocycles. The fourth-order valence-corrected chi connectivity index (χ4v) is 3.01. The summed E-state index contributed by atoms with van der Waals surface area (Å²) in [5.41, 5.74) is 1.79. The van der Waals surface area contributed by atoms with E-state index in [1.54, 1.807) is 12.4 Å². The smallest absolute Gasteiger partial charge is 0.234 e. The van der Waals surface area contributed by atoms with E-state index in [0.717, 1.165) is 49.8 Å². The molecule has 0 spiro atoms. The lowest BCUT2D eigenvalue weighted by Crippen LogP contribution is -2.45. The van der Waals surface area contributed by atoms with Gasteiger partial charge in [0.25, 0.3) is 0 Å². The van der Waals surface area contributed by atoms with Crippen LogP contribution in [0.5, 0.6) is 0 Å². The van der Waals surface area contributed by atoms with Gasteiger partial charge in [0.1, 0.15) is 5.82 Å². The molecule has 0 saturated carbocycles. The largest absolute Gasteiger partial charge is 0.353 e. The molecule has 2 aromatic heterocycles. The van der Waals surface area contributed by atoms with Gasteiger partial charge < -0.3 is 15.1 Å². The highest BCUT2D eigenvalue weighted by Gasteiger charge is 2.18. The third-order valence-corrected chi connectivity index (χ3v) is 4.71. The SMILES string of the molecule is CCc1nc(Nc2ncc(Nc3ccccc3)cn2)nc(N2CCN(C)CC2)n1. The normalized spacial score (nSPS) is 14.6. The van der Waals surface area contributed by atoms with Gasteiger partial charge in [-0.15, -0.1) is 0 Å². The number of nitrogens with one attached hydrogen (secondary N) is 2. The maximum absolute atomic E-state index is 4.60. The van der Waals surface area contributed by atoms with Gasteiger partial charge in [-0.2, -0.15) is 15.0 Å². The molecule has 0 amide bonds. The van der Waals surface area contributed by atoms with Crippen molar-refractivity contribution in [2.24, 2.45) is 0 Å². The Labute approximate surface area is 170 Å². The summed E-state index contributed by atoms with van der Waals surface area (Å²) in [6.45, 7) is 5.83. The monoisotopic (exact) mass is 391 g/mol. The van der Waals surface area contributed by atoms with Crippen molar-refractivity contribution in [3.8, 4) is 0 Å². The second-order valence-electron chi connectivity index (χ2n) is 6.93. The molecule has 4 rings (SSSR count). The highest BCUT2D eigenvalue weighted by atomic mass is 15.3. The molecule has 2 N–H and O–H groups in total. The number of aromatic nitrogens is 5. The quantitative estimate of drug-likeness (QED) is 0.657. The molecule has 3 aromatic rings. The zero-order valence-corrected chi connectivity index (χ0v) is 16.7. The number of anilines is 5. The maximum Gasteiger partial charge on any atom is 0.234 e. The average molecular weight is 391 g/mol. The van der Waals surface area contributed by atoms with Crippen LogP contribution in [0.15, 0.2) is 42.7 Å². The van der Waals surface area contributed by atoms with E-state index in [9.17, 15) is 0 Å². The van der Waals surface area contributed by atoms with Crippen molar-refractivity contribution in [1.29, 1.82) is 0 Å². The molecule has 9 heteroatoms. The van der Waals surface area contributed by atoms with E-state index in [4.69, 9.17) is 0 Å². The first-order chi connectivity index (χ1) is 14.2. The van der Waals surface area contributed by atoms with E-state index in [2.05, 4.69) is 52.4 Å². The third kappa shape index (κ3) is 4.94. The number of para-hydroxylation sites is 1. The van der Waals surface area contributed by atoms with Crippen molar-refractivity contribution in [3.05, 3.63) is 48.5 Å². The number of hydrogen-bond acceptors (Lipinski definition) is 9. The van der Waals surface area contributed by atoms with Crippen LogP contribution in [-0.2, 0) is 6.42 Å². The van der Waals surface area contributed by atoms with Crippen LogP contribution in [0.25, 0.3) is 0 Å². The van der Waals surface area contributed by atoms with Crippen molar-refractivity contribution in [2.45, 2.75) is 13.3 Å². The average Bonchev–Trinajstić information content (AvgIpc) is 2.76. The van der Waals surface area contributed by atoms with E-state index in [0.29, 0.717) is 17.8 Å². The molecule has 3 heterocycles. The fourth-order valence-electron chi connectivity index (χ4n) is 3.01. The van der Waals surface area contributed by atoms with Crippen LogP contribution in [0.3, 0.4) is 0 Å². The lowest BCUT2D eigenvalue weighted by atomic mass is 10.3. The number of aryl methyl sites for hydroxylation is 1. The molecule has 0 unspecified atom stereocenters. The molecule has 1 saturated heterocycles. The van der Waals surface area contributed by atoms with Crippen molar-refractivity contribution in [2.75, 3.05) is 48.8 Å². The summed E-state index contributed by atoms with van der Waals surface area (Å²) in [6, 6.07) is 9.91. The number of rotatable bonds is 6. The van der Waals surface area contributed by atoms with Crippen molar-refractivity contribution in [3.63, 3.8) is 0 Å². The standard InChI is InChI=1S/C20H25N9/c1-3-17-24-19(27-20(25-17)29-11-9-28(2)10-12-29)26-18-21-13-16(14-22-18)23-15-7-5-4-6-8-15/h4-8,13-14,23H,3,9-12H2,1-2H3,(H,21,22,24,25,26,27). The topological polar surface area (TPSA) is 95.0 Å². The van der Waals surface area contributed by atoms with Gasteiger partial charge >= 0.3 is 0 Å². The van der Waals surface area contributed by atoms with E-state index < -0.39 is 0 Å². The van der Waals surface area contributed by atoms with Crippen LogP contribution in [0.2, 0.25) is 0 Å². The minimum absolute atomic E-state index is 0.446. The Kier molecular flexibility index (Phi) is 5.76. The van der Waals surface area contributed by atoms with Crippen LogP contribution in [0.1, 0.15) is 12.7 Å². The Bertz CT molecular complexity index is 922. The molecule has 0 radical (unpaired) electrons. The Morgan fingerprint density at radius 2 is 1.55 bits per heavy atom. The fraction of sp³-hybridized carbons (Fsp3) is 0.350. The molecule has 1 aliphatic rings. The molecule has 0 atom stereocenters. The van der Waals surface area contributed by atoms with Gasteiger partial charge in [-0.1, -0.05) is 25.1 Å². The van der Waals surface area contributed by atoms with E-state index >= 15 is 0 Å². The third-order valence-electron chi connectivity index (χ3n) is 4.71. The Morgan fingerprint density at radius 3 is 2.24 bits per heavy atom. The zero-order valence-electron chi connectivity index (χ0n) is 16.7. The highest BCUT2D eigenvalue weighted by molar-refractivity contribution is 5.58. The molecule has 1 fully saturated rings. The number of hydrogen-bond donors (Lipinski definition) is 2. The molecule has 1 aliphatic heterocycles. The van der Waals surface area contributed by atoms with Crippen LogP contribution >= 0.6 is 0 Å². The molecule has 150 valence electrons. The van der Waals surface area contributed by atoms with Gasteiger partial charge in [-0.3, -0.25) is 5.32 Å². The Hall–Kier alpha value is -3.33. The van der Waals surface area contributed by atoms with Gasteiger partial charge in [0.05, 0.1) is 18.1 Å². The number of likely N-dealkylation sites (N-methyl/N-ethyl adjacent to an activating group) is 1. The van der Waals surface area contributed by atoms with Crippen LogP contribution in [0.4, 0.5) is 29.2 Å². The van der Waals surface area contributed by atoms with Crippen molar-refractivity contribution >= 4 is 29.2 Å². The lowest BCUT2D eigenvalue weighted by molar-refractivity contribution is 0.311. The van der Waals surface area contributed by atoms with Crippen molar-refractivity contribution in [1.82, 2.24) is 29.8 Å². The Morgan fingerprint density at radius 1 is 0.828 bits per heavy atom. The molecule has 1 aromatic carbocycles. The second-order valence-corrected chi connectivity index (χ2v) is 6.93. The summed E-state index contributed by atoms with van der Waals surface area (Å²) >= 11 is 0. The van der Waals surface area contributed by atoms with Gasteiger partial charge in [-0.05, 0) is 19.2 Å². The minimum atomic E-state index is 0.446. The predicted octanol–water partition coefficient (Wildman–Crippen LogP) is 2.46. The molecule has 0 bridgehead atoms. The van der Waals surface area contributed by atoms with Crippen molar-refractivity contribution < 1.29 is 0 Å². The summed E-state index contributed by atoms with van der Waals surface area (Å²) in [6.07, 6.45) is 4.19. The molecule has 9 nitrogen and oxygen atoms in total. The number of benzene rings is 1. The van der Waals surface area contributed by atoms with E-state index in [1.807, 2.05) is 37.3 Å². The van der Waals surface area contributed by atoms with Gasteiger partial charge in [0, 0.05) is 38.3 Å². The number of nitrogens with zero attached hydrogens (tertiary/aromatic N) is 7. The van der Waals surface area contributed by atoms with Crippen LogP contribution in [-0.4, -0.2) is 63.0 Å². The summed E-state index contributed by atoms with van der Waals surface area (Å²) in [5, 5.41) is 6.37. The van der Waals surface area contributed by atoms with Gasteiger partial charge in [0.2, 0.25) is 17.8 Å². The van der Waals surface area contributed by atoms with Crippen LogP contribution < -0.4 is 15.5 Å². The van der Waals surface area contributed by atoms with E-state index in [1.165, 1.54) is 0 Å². The highest BCUT2D eigenvalue weighted by Crippen LogP contribution is 2.18. The Balaban J connectivity index is 1.47. The first-order valence-corrected chi connectivity index (χ1v) is 9.79. The van der Waals surface area contributed by atoms with Gasteiger partial charge in [0.15, 0.2) is 0 Å². The summed E-state index contributed by atoms with van der Waals surface area (Å²) in [7, 11) is 2.13. The molecular formula is C20H25N9. The molecular weight excluding hydrogens is 366 g/mol. The summed E-state index contributed by atoms with van der Waals surface area (Å²) < 4.78 is 0. The van der Waals surface area contributed by atoms with E-state index in [-0.39, 0.29) is 0 Å². The summed E-state index contributed by atoms with van der Waals surface area (Å²) in [5.74, 6) is 2.37. The first-order valence-electron chi connectivity index (χ1n) is 9.79. The molecule has 29 heavy (non-hydrogen) atoms. The predicted molar refractivity (Wildman–Crippen MR) is 114 cm³/mol. The zero-order chi connectivity index (χ0) is 20.1. The first kappa shape index (κ1) is 19.0.